The van der Waals surface area contributed by atoms with E-state index in [0.29, 0.717) is 0 Å². The SMILES string of the molecule is CC(C)(C)c1ccc(-c2c3nc(c(-c4ccc(C(C)(C)C)cc4)c4ccc([nH]4)c(-c4ccc(C#C[Si](C)(C)C)cc4)c4nc(c(-c5ccc(I)cc5)c5ccc2[nH]5)C=C4)C=C3)cc1. The Labute approximate surface area is 386 Å². The van der Waals surface area contributed by atoms with Crippen LogP contribution in [0.3, 0.4) is 0 Å². The molecule has 8 bridgehead atoms. The molecule has 0 radical (unpaired) electrons. The van der Waals surface area contributed by atoms with Gasteiger partial charge in [0.2, 0.25) is 0 Å². The smallest absolute Gasteiger partial charge is 0.129 e. The molecule has 4 nitrogen and oxygen atoms in total. The van der Waals surface area contributed by atoms with E-state index in [1.54, 1.807) is 0 Å². The van der Waals surface area contributed by atoms with E-state index in [9.17, 15) is 0 Å². The van der Waals surface area contributed by atoms with Crippen molar-refractivity contribution in [3.63, 3.8) is 0 Å². The number of fused-ring (bicyclic) bond motifs is 8. The summed E-state index contributed by atoms with van der Waals surface area (Å²) in [5.41, 5.74) is 23.2. The van der Waals surface area contributed by atoms with E-state index >= 15 is 0 Å². The fourth-order valence-corrected chi connectivity index (χ4v) is 9.17. The fraction of sp³-hybridized carbons (Fsp3) is 0.193. The molecule has 0 amide bonds. The summed E-state index contributed by atoms with van der Waals surface area (Å²) in [6.07, 6.45) is 8.67. The first-order valence-electron chi connectivity index (χ1n) is 21.8. The number of halogens is 1. The highest BCUT2D eigenvalue weighted by Crippen LogP contribution is 2.39. The Morgan fingerprint density at radius 1 is 0.429 bits per heavy atom. The molecular weight excluding hydrogens is 896 g/mol. The lowest BCUT2D eigenvalue weighted by atomic mass is 9.86. The zero-order valence-corrected chi connectivity index (χ0v) is 40.8. The molecule has 0 fully saturated rings. The molecule has 0 unspecified atom stereocenters. The average molecular weight is 949 g/mol. The third-order valence-corrected chi connectivity index (χ3v) is 13.3. The summed E-state index contributed by atoms with van der Waals surface area (Å²) in [6, 6.07) is 44.1. The van der Waals surface area contributed by atoms with Crippen molar-refractivity contribution in [1.82, 2.24) is 19.9 Å². The fourth-order valence-electron chi connectivity index (χ4n) is 8.29. The standard InChI is InChI=1S/C57H53IN4Si/c1-56(2,3)41-20-14-38(15-21-41)53-46-28-26-44(59-46)52(37-12-10-36(11-13-37)34-35-63(7,8)9)45-27-32-50(60-45)55(40-18-24-43(58)25-19-40)51-33-31-49(62-51)54(48-30-29-47(53)61-48)39-16-22-42(23-17-39)57(4,5)6/h10-33,59,62H,1-9H3. The molecule has 6 heteroatoms. The Kier molecular flexibility index (Phi) is 10.9. The summed E-state index contributed by atoms with van der Waals surface area (Å²) in [5.74, 6) is 3.44. The van der Waals surface area contributed by atoms with Crippen LogP contribution in [0.15, 0.2) is 121 Å². The lowest BCUT2D eigenvalue weighted by Gasteiger charge is -2.19. The maximum absolute atomic E-state index is 5.53. The van der Waals surface area contributed by atoms with Crippen molar-refractivity contribution >= 4 is 77.0 Å². The lowest BCUT2D eigenvalue weighted by Crippen LogP contribution is -2.16. The number of aromatic nitrogens is 4. The van der Waals surface area contributed by atoms with Gasteiger partial charge in [-0.1, -0.05) is 140 Å². The number of aromatic amines is 2. The van der Waals surface area contributed by atoms with Crippen molar-refractivity contribution in [2.24, 2.45) is 0 Å². The maximum Gasteiger partial charge on any atom is 0.129 e. The monoisotopic (exact) mass is 948 g/mol. The summed E-state index contributed by atoms with van der Waals surface area (Å²) in [7, 11) is -1.54. The predicted molar refractivity (Wildman–Crippen MR) is 281 cm³/mol. The van der Waals surface area contributed by atoms with E-state index in [-0.39, 0.29) is 10.8 Å². The van der Waals surface area contributed by atoms with E-state index in [2.05, 4.69) is 251 Å². The van der Waals surface area contributed by atoms with Crippen LogP contribution in [0.25, 0.3) is 90.9 Å². The van der Waals surface area contributed by atoms with Crippen molar-refractivity contribution in [3.8, 4) is 56.0 Å². The van der Waals surface area contributed by atoms with Gasteiger partial charge >= 0.3 is 0 Å². The van der Waals surface area contributed by atoms with Gasteiger partial charge in [0, 0.05) is 53.5 Å². The van der Waals surface area contributed by atoms with Crippen molar-refractivity contribution in [2.75, 3.05) is 0 Å². The minimum absolute atomic E-state index is 0.0256. The topological polar surface area (TPSA) is 57.4 Å². The van der Waals surface area contributed by atoms with Crippen molar-refractivity contribution < 1.29 is 0 Å². The van der Waals surface area contributed by atoms with Crippen LogP contribution < -0.4 is 0 Å². The highest BCUT2D eigenvalue weighted by Gasteiger charge is 2.21. The third kappa shape index (κ3) is 8.82. The van der Waals surface area contributed by atoms with Crippen molar-refractivity contribution in [1.29, 1.82) is 0 Å². The summed E-state index contributed by atoms with van der Waals surface area (Å²) >= 11 is 2.38. The van der Waals surface area contributed by atoms with Gasteiger partial charge in [0.05, 0.1) is 22.8 Å². The number of hydrogen-bond donors (Lipinski definition) is 2. The molecule has 5 heterocycles. The molecule has 2 aliphatic heterocycles. The highest BCUT2D eigenvalue weighted by atomic mass is 127. The van der Waals surface area contributed by atoms with Crippen LogP contribution in [0.2, 0.25) is 19.6 Å². The Hall–Kier alpha value is -6.01. The van der Waals surface area contributed by atoms with Crippen LogP contribution in [0, 0.1) is 15.0 Å². The minimum Gasteiger partial charge on any atom is -0.354 e. The highest BCUT2D eigenvalue weighted by molar-refractivity contribution is 14.1. The number of nitrogens with zero attached hydrogens (tertiary/aromatic N) is 2. The normalized spacial score (nSPS) is 12.7. The second kappa shape index (κ2) is 16.3. The van der Waals surface area contributed by atoms with Crippen LogP contribution in [0.1, 0.15) is 81.0 Å². The molecule has 0 saturated carbocycles. The molecule has 0 atom stereocenters. The Morgan fingerprint density at radius 2 is 0.730 bits per heavy atom. The molecule has 312 valence electrons. The second-order valence-electron chi connectivity index (χ2n) is 19.7. The van der Waals surface area contributed by atoms with Crippen LogP contribution in [0.4, 0.5) is 0 Å². The van der Waals surface area contributed by atoms with Crippen molar-refractivity contribution in [2.45, 2.75) is 72.0 Å². The van der Waals surface area contributed by atoms with Gasteiger partial charge in [-0.25, -0.2) is 9.97 Å². The molecule has 0 spiro atoms. The van der Waals surface area contributed by atoms with Gasteiger partial charge in [0.15, 0.2) is 0 Å². The number of hydrogen-bond acceptors (Lipinski definition) is 2. The molecule has 9 rings (SSSR count). The molecule has 2 aliphatic rings. The molecular formula is C57H53IN4Si. The lowest BCUT2D eigenvalue weighted by molar-refractivity contribution is 0.590. The summed E-state index contributed by atoms with van der Waals surface area (Å²) in [5, 5.41) is 0. The van der Waals surface area contributed by atoms with Gasteiger partial charge in [-0.3, -0.25) is 0 Å². The maximum atomic E-state index is 5.53. The Bertz CT molecular complexity index is 3190. The van der Waals surface area contributed by atoms with Gasteiger partial charge in [-0.15, -0.1) is 5.54 Å². The van der Waals surface area contributed by atoms with Crippen LogP contribution in [-0.4, -0.2) is 28.0 Å². The van der Waals surface area contributed by atoms with E-state index < -0.39 is 8.07 Å². The first-order chi connectivity index (χ1) is 30.0. The third-order valence-electron chi connectivity index (χ3n) is 11.7. The average Bonchev–Trinajstić information content (AvgIpc) is 4.09. The number of nitrogens with one attached hydrogen (secondary N) is 2. The summed E-state index contributed by atoms with van der Waals surface area (Å²) in [6.45, 7) is 20.4. The number of benzene rings is 4. The summed E-state index contributed by atoms with van der Waals surface area (Å²) < 4.78 is 1.18. The van der Waals surface area contributed by atoms with Gasteiger partial charge in [-0.05, 0) is 140 Å². The van der Waals surface area contributed by atoms with Gasteiger partial charge in [-0.2, -0.15) is 0 Å². The van der Waals surface area contributed by atoms with E-state index in [1.807, 2.05) is 0 Å². The van der Waals surface area contributed by atoms with Crippen molar-refractivity contribution in [3.05, 3.63) is 164 Å². The second-order valence-corrected chi connectivity index (χ2v) is 25.7. The van der Waals surface area contributed by atoms with Crippen LogP contribution >= 0.6 is 22.6 Å². The number of rotatable bonds is 4. The Balaban J connectivity index is 1.40. The zero-order valence-electron chi connectivity index (χ0n) is 37.6. The first-order valence-corrected chi connectivity index (χ1v) is 26.3. The van der Waals surface area contributed by atoms with Crippen LogP contribution in [-0.2, 0) is 10.8 Å². The van der Waals surface area contributed by atoms with E-state index in [0.717, 1.165) is 94.9 Å². The molecule has 0 saturated heterocycles. The van der Waals surface area contributed by atoms with E-state index in [1.165, 1.54) is 14.7 Å². The van der Waals surface area contributed by atoms with Gasteiger partial charge in [0.1, 0.15) is 8.07 Å². The zero-order chi connectivity index (χ0) is 44.3. The Morgan fingerprint density at radius 3 is 1.03 bits per heavy atom. The number of H-pyrrole nitrogens is 2. The minimum atomic E-state index is -1.54. The predicted octanol–water partition coefficient (Wildman–Crippen LogP) is 15.8. The summed E-state index contributed by atoms with van der Waals surface area (Å²) in [4.78, 5) is 18.8. The van der Waals surface area contributed by atoms with Gasteiger partial charge in [0.25, 0.3) is 0 Å². The van der Waals surface area contributed by atoms with Gasteiger partial charge < -0.3 is 9.97 Å². The van der Waals surface area contributed by atoms with E-state index in [4.69, 9.17) is 9.97 Å². The first kappa shape index (κ1) is 42.3. The largest absolute Gasteiger partial charge is 0.354 e. The molecule has 3 aromatic heterocycles. The molecule has 2 N–H and O–H groups in total. The quantitative estimate of drug-likeness (QED) is 0.105. The molecule has 4 aromatic carbocycles. The molecule has 63 heavy (non-hydrogen) atoms. The molecule has 0 aliphatic carbocycles. The van der Waals surface area contributed by atoms with Crippen LogP contribution in [0.5, 0.6) is 0 Å². The molecule has 7 aromatic rings.